The van der Waals surface area contributed by atoms with Crippen molar-refractivity contribution in [2.24, 2.45) is 0 Å². The standard InChI is InChI=1S/C22H19ClN4O4S/c1-15-3-2-8-27-20(15)25-21(26-9-11-31-12-10-26)19(22(27)28)13-18(14-24)32(29,30)17-6-4-16(23)5-7-17/h2-8,13H,9-12H2,1H3. The van der Waals surface area contributed by atoms with Gasteiger partial charge in [0.05, 0.1) is 23.7 Å². The number of aryl methyl sites for hydroxylation is 1. The lowest BCUT2D eigenvalue weighted by atomic mass is 10.2. The smallest absolute Gasteiger partial charge is 0.267 e. The summed E-state index contributed by atoms with van der Waals surface area (Å²) in [4.78, 5) is 19.3. The normalized spacial score (nSPS) is 15.0. The topological polar surface area (TPSA) is 105 Å². The van der Waals surface area contributed by atoms with E-state index >= 15 is 0 Å². The molecule has 0 amide bonds. The molecule has 0 N–H and O–H groups in total. The van der Waals surface area contributed by atoms with Crippen molar-refractivity contribution in [3.63, 3.8) is 0 Å². The van der Waals surface area contributed by atoms with E-state index in [1.54, 1.807) is 18.3 Å². The second-order valence-electron chi connectivity index (χ2n) is 7.22. The van der Waals surface area contributed by atoms with E-state index in [0.717, 1.165) is 11.6 Å². The molecule has 3 aromatic rings. The van der Waals surface area contributed by atoms with Gasteiger partial charge < -0.3 is 9.64 Å². The van der Waals surface area contributed by atoms with E-state index < -0.39 is 20.3 Å². The highest BCUT2D eigenvalue weighted by molar-refractivity contribution is 7.95. The fourth-order valence-electron chi connectivity index (χ4n) is 3.48. The number of aromatic nitrogens is 2. The van der Waals surface area contributed by atoms with Crippen LogP contribution in [0.2, 0.25) is 5.02 Å². The van der Waals surface area contributed by atoms with E-state index in [0.29, 0.717) is 42.8 Å². The summed E-state index contributed by atoms with van der Waals surface area (Å²) >= 11 is 5.86. The quantitative estimate of drug-likeness (QED) is 0.540. The number of halogens is 1. The van der Waals surface area contributed by atoms with Crippen molar-refractivity contribution >= 4 is 39.0 Å². The molecule has 3 heterocycles. The van der Waals surface area contributed by atoms with Gasteiger partial charge in [-0.1, -0.05) is 17.7 Å². The molecule has 0 saturated carbocycles. The number of nitrogens with zero attached hydrogens (tertiary/aromatic N) is 4. The second-order valence-corrected chi connectivity index (χ2v) is 9.57. The zero-order valence-corrected chi connectivity index (χ0v) is 18.7. The van der Waals surface area contributed by atoms with Gasteiger partial charge in [-0.25, -0.2) is 13.4 Å². The van der Waals surface area contributed by atoms with Gasteiger partial charge in [-0.2, -0.15) is 5.26 Å². The summed E-state index contributed by atoms with van der Waals surface area (Å²) in [5.74, 6) is 0.326. The molecule has 2 aromatic heterocycles. The molecule has 0 atom stereocenters. The Labute approximate surface area is 189 Å². The van der Waals surface area contributed by atoms with Crippen LogP contribution in [0.4, 0.5) is 5.82 Å². The first-order valence-electron chi connectivity index (χ1n) is 9.80. The van der Waals surface area contributed by atoms with Gasteiger partial charge in [0.15, 0.2) is 0 Å². The van der Waals surface area contributed by atoms with Crippen LogP contribution in [-0.2, 0) is 14.6 Å². The van der Waals surface area contributed by atoms with Gasteiger partial charge in [-0.3, -0.25) is 9.20 Å². The summed E-state index contributed by atoms with van der Waals surface area (Å²) in [5.41, 5.74) is 0.836. The highest BCUT2D eigenvalue weighted by atomic mass is 35.5. The molecule has 1 fully saturated rings. The lowest BCUT2D eigenvalue weighted by Gasteiger charge is -2.29. The molecule has 1 aliphatic heterocycles. The van der Waals surface area contributed by atoms with Crippen LogP contribution >= 0.6 is 11.6 Å². The molecule has 0 bridgehead atoms. The molecule has 0 spiro atoms. The van der Waals surface area contributed by atoms with Crippen LogP contribution in [0, 0.1) is 18.3 Å². The van der Waals surface area contributed by atoms with Crippen LogP contribution in [0.3, 0.4) is 0 Å². The fourth-order valence-corrected chi connectivity index (χ4v) is 4.75. The summed E-state index contributed by atoms with van der Waals surface area (Å²) in [6.07, 6.45) is 2.68. The van der Waals surface area contributed by atoms with Gasteiger partial charge in [0.1, 0.15) is 22.4 Å². The molecule has 1 aromatic carbocycles. The Balaban J connectivity index is 1.96. The molecule has 164 valence electrons. The number of morpholine rings is 1. The summed E-state index contributed by atoms with van der Waals surface area (Å²) in [5, 5.41) is 10.1. The molecule has 1 saturated heterocycles. The second kappa shape index (κ2) is 8.74. The molecular weight excluding hydrogens is 452 g/mol. The van der Waals surface area contributed by atoms with E-state index in [1.165, 1.54) is 28.7 Å². The summed E-state index contributed by atoms with van der Waals surface area (Å²) in [6, 6.07) is 10.8. The maximum atomic E-state index is 13.4. The number of benzene rings is 1. The molecule has 4 rings (SSSR count). The van der Waals surface area contributed by atoms with Crippen molar-refractivity contribution in [1.82, 2.24) is 9.38 Å². The third kappa shape index (κ3) is 4.00. The number of anilines is 1. The Morgan fingerprint density at radius 3 is 2.56 bits per heavy atom. The average molecular weight is 471 g/mol. The van der Waals surface area contributed by atoms with E-state index in [4.69, 9.17) is 16.3 Å². The number of allylic oxidation sites excluding steroid dienone is 1. The van der Waals surface area contributed by atoms with E-state index in [-0.39, 0.29) is 10.5 Å². The first kappa shape index (κ1) is 22.0. The number of ether oxygens (including phenoxy) is 1. The number of fused-ring (bicyclic) bond motifs is 1. The van der Waals surface area contributed by atoms with Gasteiger partial charge in [0.2, 0.25) is 9.84 Å². The SMILES string of the molecule is Cc1cccn2c(=O)c(C=C(C#N)S(=O)(=O)c3ccc(Cl)cc3)c(N3CCOCC3)nc12. The Morgan fingerprint density at radius 2 is 1.91 bits per heavy atom. The molecule has 10 heteroatoms. The number of pyridine rings is 1. The zero-order valence-electron chi connectivity index (χ0n) is 17.2. The van der Waals surface area contributed by atoms with Crippen molar-refractivity contribution in [2.45, 2.75) is 11.8 Å². The van der Waals surface area contributed by atoms with Crippen molar-refractivity contribution < 1.29 is 13.2 Å². The minimum atomic E-state index is -4.17. The van der Waals surface area contributed by atoms with E-state index in [1.807, 2.05) is 17.9 Å². The molecule has 8 nitrogen and oxygen atoms in total. The molecule has 0 unspecified atom stereocenters. The minimum absolute atomic E-state index is 0.0316. The van der Waals surface area contributed by atoms with Gasteiger partial charge in [0, 0.05) is 24.3 Å². The average Bonchev–Trinajstić information content (AvgIpc) is 2.79. The Kier molecular flexibility index (Phi) is 6.02. The maximum absolute atomic E-state index is 13.4. The van der Waals surface area contributed by atoms with Gasteiger partial charge >= 0.3 is 0 Å². The van der Waals surface area contributed by atoms with E-state index in [2.05, 4.69) is 4.98 Å². The Morgan fingerprint density at radius 1 is 1.22 bits per heavy atom. The van der Waals surface area contributed by atoms with Crippen LogP contribution in [0.1, 0.15) is 11.1 Å². The number of hydrogen-bond donors (Lipinski definition) is 0. The Hall–Kier alpha value is -3.19. The summed E-state index contributed by atoms with van der Waals surface area (Å²) in [7, 11) is -4.17. The predicted molar refractivity (Wildman–Crippen MR) is 121 cm³/mol. The summed E-state index contributed by atoms with van der Waals surface area (Å²) < 4.78 is 33.0. The van der Waals surface area contributed by atoms with Gasteiger partial charge in [-0.15, -0.1) is 0 Å². The lowest BCUT2D eigenvalue weighted by Crippen LogP contribution is -2.38. The van der Waals surface area contributed by atoms with Gasteiger partial charge in [0.25, 0.3) is 5.56 Å². The molecular formula is C22H19ClN4O4S. The van der Waals surface area contributed by atoms with Crippen molar-refractivity contribution in [1.29, 1.82) is 5.26 Å². The van der Waals surface area contributed by atoms with Crippen molar-refractivity contribution in [2.75, 3.05) is 31.2 Å². The van der Waals surface area contributed by atoms with Crippen LogP contribution < -0.4 is 10.5 Å². The van der Waals surface area contributed by atoms with Crippen LogP contribution in [0.25, 0.3) is 11.7 Å². The number of sulfone groups is 1. The fraction of sp³-hybridized carbons (Fsp3) is 0.227. The van der Waals surface area contributed by atoms with Crippen LogP contribution in [0.5, 0.6) is 0 Å². The highest BCUT2D eigenvalue weighted by Crippen LogP contribution is 2.26. The first-order chi connectivity index (χ1) is 15.3. The lowest BCUT2D eigenvalue weighted by molar-refractivity contribution is 0.122. The summed E-state index contributed by atoms with van der Waals surface area (Å²) in [6.45, 7) is 3.71. The molecule has 1 aliphatic rings. The third-order valence-corrected chi connectivity index (χ3v) is 7.11. The monoisotopic (exact) mass is 470 g/mol. The number of nitriles is 1. The number of rotatable bonds is 4. The zero-order chi connectivity index (χ0) is 22.9. The molecule has 0 radical (unpaired) electrons. The predicted octanol–water partition coefficient (Wildman–Crippen LogP) is 2.83. The van der Waals surface area contributed by atoms with Crippen molar-refractivity contribution in [3.8, 4) is 6.07 Å². The minimum Gasteiger partial charge on any atom is -0.378 e. The van der Waals surface area contributed by atoms with E-state index in [9.17, 15) is 18.5 Å². The molecule has 32 heavy (non-hydrogen) atoms. The number of hydrogen-bond acceptors (Lipinski definition) is 7. The van der Waals surface area contributed by atoms with Crippen molar-refractivity contribution in [3.05, 3.63) is 74.0 Å². The molecule has 0 aliphatic carbocycles. The first-order valence-corrected chi connectivity index (χ1v) is 11.7. The highest BCUT2D eigenvalue weighted by Gasteiger charge is 2.25. The third-order valence-electron chi connectivity index (χ3n) is 5.17. The van der Waals surface area contributed by atoms with Gasteiger partial charge in [-0.05, 0) is 48.9 Å². The van der Waals surface area contributed by atoms with Crippen LogP contribution in [-0.4, -0.2) is 44.1 Å². The van der Waals surface area contributed by atoms with Crippen LogP contribution in [0.15, 0.2) is 57.2 Å². The Bertz CT molecular complexity index is 1420. The maximum Gasteiger partial charge on any atom is 0.267 e. The largest absolute Gasteiger partial charge is 0.378 e.